The number of hydrogen-bond acceptors (Lipinski definition) is 4. The van der Waals surface area contributed by atoms with Gasteiger partial charge in [0.05, 0.1) is 16.8 Å². The van der Waals surface area contributed by atoms with E-state index in [1.165, 1.54) is 18.2 Å². The molecule has 1 aliphatic rings. The maximum atomic E-state index is 12.4. The Hall–Kier alpha value is -2.08. The van der Waals surface area contributed by atoms with Gasteiger partial charge in [0.25, 0.3) is 0 Å². The first-order valence-electron chi connectivity index (χ1n) is 6.61. The van der Waals surface area contributed by atoms with Crippen molar-refractivity contribution in [2.45, 2.75) is 31.7 Å². The molecular formula is C14H18N2O4. The van der Waals surface area contributed by atoms with E-state index in [0.717, 1.165) is 19.4 Å². The molecule has 1 aromatic rings. The second-order valence-corrected chi connectivity index (χ2v) is 4.96. The van der Waals surface area contributed by atoms with E-state index in [-0.39, 0.29) is 22.9 Å². The molecule has 1 atom stereocenters. The number of carbonyl (C=O) groups excluding carboxylic acids is 1. The van der Waals surface area contributed by atoms with Gasteiger partial charge in [0, 0.05) is 0 Å². The fraction of sp³-hybridized carbons (Fsp3) is 0.429. The molecule has 1 heterocycles. The van der Waals surface area contributed by atoms with E-state index in [1.807, 2.05) is 6.92 Å². The van der Waals surface area contributed by atoms with E-state index in [4.69, 9.17) is 5.11 Å². The Bertz CT molecular complexity index is 536. The van der Waals surface area contributed by atoms with Gasteiger partial charge in [-0.05, 0) is 44.0 Å². The maximum Gasteiger partial charge on any atom is 0.335 e. The first-order valence-corrected chi connectivity index (χ1v) is 6.61. The average molecular weight is 278 g/mol. The molecule has 1 unspecified atom stereocenters. The topological polar surface area (TPSA) is 98.7 Å². The van der Waals surface area contributed by atoms with Crippen molar-refractivity contribution in [1.29, 1.82) is 0 Å². The van der Waals surface area contributed by atoms with E-state index in [2.05, 4.69) is 10.6 Å². The van der Waals surface area contributed by atoms with Crippen LogP contribution in [0.5, 0.6) is 5.75 Å². The lowest BCUT2D eigenvalue weighted by Crippen LogP contribution is -2.50. The molecule has 0 aromatic heterocycles. The summed E-state index contributed by atoms with van der Waals surface area (Å²) in [6.45, 7) is 2.70. The quantitative estimate of drug-likeness (QED) is 0.626. The van der Waals surface area contributed by atoms with E-state index in [9.17, 15) is 14.7 Å². The Labute approximate surface area is 116 Å². The SMILES string of the molecule is CCC1(C(=O)Nc2cc(C(=O)O)ccc2O)CCCN1. The van der Waals surface area contributed by atoms with E-state index in [0.29, 0.717) is 6.42 Å². The predicted octanol–water partition coefficient (Wildman–Crippen LogP) is 1.56. The van der Waals surface area contributed by atoms with Crippen LogP contribution < -0.4 is 10.6 Å². The maximum absolute atomic E-state index is 12.4. The van der Waals surface area contributed by atoms with Gasteiger partial charge in [0.15, 0.2) is 0 Å². The molecule has 20 heavy (non-hydrogen) atoms. The second kappa shape index (κ2) is 5.50. The van der Waals surface area contributed by atoms with E-state index >= 15 is 0 Å². The second-order valence-electron chi connectivity index (χ2n) is 4.96. The number of rotatable bonds is 4. The summed E-state index contributed by atoms with van der Waals surface area (Å²) in [7, 11) is 0. The number of carbonyl (C=O) groups is 2. The molecule has 1 aliphatic heterocycles. The standard InChI is InChI=1S/C14H18N2O4/c1-2-14(6-3-7-15-14)13(20)16-10-8-9(12(18)19)4-5-11(10)17/h4-5,8,15,17H,2-3,6-7H2,1H3,(H,16,20)(H,18,19). The number of aromatic hydroxyl groups is 1. The first-order chi connectivity index (χ1) is 9.48. The van der Waals surface area contributed by atoms with Crippen molar-refractivity contribution < 1.29 is 19.8 Å². The third-order valence-corrected chi connectivity index (χ3v) is 3.77. The zero-order valence-corrected chi connectivity index (χ0v) is 11.3. The lowest BCUT2D eigenvalue weighted by molar-refractivity contribution is -0.122. The highest BCUT2D eigenvalue weighted by Crippen LogP contribution is 2.29. The normalized spacial score (nSPS) is 21.6. The zero-order valence-electron chi connectivity index (χ0n) is 11.3. The van der Waals surface area contributed by atoms with E-state index < -0.39 is 11.5 Å². The van der Waals surface area contributed by atoms with Crippen LogP contribution in [0.15, 0.2) is 18.2 Å². The minimum absolute atomic E-state index is 0.0167. The van der Waals surface area contributed by atoms with Crippen LogP contribution in [0.3, 0.4) is 0 Å². The Morgan fingerprint density at radius 3 is 2.75 bits per heavy atom. The smallest absolute Gasteiger partial charge is 0.335 e. The van der Waals surface area contributed by atoms with Crippen LogP contribution >= 0.6 is 0 Å². The van der Waals surface area contributed by atoms with Crippen molar-refractivity contribution in [3.63, 3.8) is 0 Å². The highest BCUT2D eigenvalue weighted by Gasteiger charge is 2.39. The number of aromatic carboxylic acids is 1. The average Bonchev–Trinajstić information content (AvgIpc) is 2.91. The largest absolute Gasteiger partial charge is 0.506 e. The van der Waals surface area contributed by atoms with Crippen LogP contribution in [-0.2, 0) is 4.79 Å². The summed E-state index contributed by atoms with van der Waals surface area (Å²) in [5, 5.41) is 24.5. The number of nitrogens with one attached hydrogen (secondary N) is 2. The lowest BCUT2D eigenvalue weighted by atomic mass is 9.93. The molecule has 0 bridgehead atoms. The molecule has 108 valence electrons. The molecule has 4 N–H and O–H groups in total. The Balaban J connectivity index is 2.23. The summed E-state index contributed by atoms with van der Waals surface area (Å²) in [4.78, 5) is 23.3. The molecule has 0 saturated carbocycles. The molecule has 2 rings (SSSR count). The summed E-state index contributed by atoms with van der Waals surface area (Å²) in [5.74, 6) is -1.49. The third-order valence-electron chi connectivity index (χ3n) is 3.77. The van der Waals surface area contributed by atoms with Gasteiger partial charge in [-0.15, -0.1) is 0 Å². The van der Waals surface area contributed by atoms with Gasteiger partial charge in [-0.25, -0.2) is 4.79 Å². The number of carboxylic acids is 1. The van der Waals surface area contributed by atoms with Crippen molar-refractivity contribution >= 4 is 17.6 Å². The summed E-state index contributed by atoms with van der Waals surface area (Å²) >= 11 is 0. The lowest BCUT2D eigenvalue weighted by Gasteiger charge is -2.26. The minimum Gasteiger partial charge on any atom is -0.506 e. The van der Waals surface area contributed by atoms with Crippen LogP contribution in [-0.4, -0.2) is 34.2 Å². The fourth-order valence-corrected chi connectivity index (χ4v) is 2.47. The Kier molecular flexibility index (Phi) is 3.94. The minimum atomic E-state index is -1.11. The van der Waals surface area contributed by atoms with Gasteiger partial charge in [-0.1, -0.05) is 6.92 Å². The van der Waals surface area contributed by atoms with Gasteiger partial charge >= 0.3 is 5.97 Å². The number of amides is 1. The fourth-order valence-electron chi connectivity index (χ4n) is 2.47. The number of phenols is 1. The Morgan fingerprint density at radius 1 is 1.45 bits per heavy atom. The molecule has 1 fully saturated rings. The van der Waals surface area contributed by atoms with Crippen molar-refractivity contribution in [2.24, 2.45) is 0 Å². The van der Waals surface area contributed by atoms with Crippen molar-refractivity contribution in [2.75, 3.05) is 11.9 Å². The van der Waals surface area contributed by atoms with E-state index in [1.54, 1.807) is 0 Å². The third kappa shape index (κ3) is 2.60. The molecule has 0 aliphatic carbocycles. The number of carboxylic acid groups (broad SMARTS) is 1. The summed E-state index contributed by atoms with van der Waals surface area (Å²) < 4.78 is 0. The van der Waals surface area contributed by atoms with Crippen molar-refractivity contribution in [1.82, 2.24) is 5.32 Å². The van der Waals surface area contributed by atoms with Crippen LogP contribution in [0.2, 0.25) is 0 Å². The molecule has 6 heteroatoms. The van der Waals surface area contributed by atoms with Crippen LogP contribution in [0.25, 0.3) is 0 Å². The molecule has 1 aromatic carbocycles. The summed E-state index contributed by atoms with van der Waals surface area (Å²) in [6, 6.07) is 3.81. The molecule has 0 spiro atoms. The number of hydrogen-bond donors (Lipinski definition) is 4. The van der Waals surface area contributed by atoms with Crippen LogP contribution in [0, 0.1) is 0 Å². The van der Waals surface area contributed by atoms with Crippen molar-refractivity contribution in [3.05, 3.63) is 23.8 Å². The zero-order chi connectivity index (χ0) is 14.8. The number of phenolic OH excluding ortho intramolecular Hbond substituents is 1. The van der Waals surface area contributed by atoms with Crippen molar-refractivity contribution in [3.8, 4) is 5.75 Å². The number of benzene rings is 1. The molecule has 1 saturated heterocycles. The van der Waals surface area contributed by atoms with Crippen LogP contribution in [0.4, 0.5) is 5.69 Å². The van der Waals surface area contributed by atoms with Gasteiger partial charge in [-0.3, -0.25) is 4.79 Å². The Morgan fingerprint density at radius 2 is 2.20 bits per heavy atom. The summed E-state index contributed by atoms with van der Waals surface area (Å²) in [6.07, 6.45) is 2.29. The predicted molar refractivity (Wildman–Crippen MR) is 74.0 cm³/mol. The van der Waals surface area contributed by atoms with Gasteiger partial charge in [-0.2, -0.15) is 0 Å². The first kappa shape index (κ1) is 14.3. The molecular weight excluding hydrogens is 260 g/mol. The summed E-state index contributed by atoms with van der Waals surface area (Å²) in [5.41, 5.74) is -0.495. The highest BCUT2D eigenvalue weighted by atomic mass is 16.4. The highest BCUT2D eigenvalue weighted by molar-refractivity contribution is 6.00. The molecule has 1 amide bonds. The van der Waals surface area contributed by atoms with Gasteiger partial charge in [0.1, 0.15) is 5.75 Å². The molecule has 0 radical (unpaired) electrons. The number of anilines is 1. The molecule has 6 nitrogen and oxygen atoms in total. The van der Waals surface area contributed by atoms with Gasteiger partial charge < -0.3 is 20.8 Å². The van der Waals surface area contributed by atoms with Crippen LogP contribution in [0.1, 0.15) is 36.5 Å². The monoisotopic (exact) mass is 278 g/mol. The van der Waals surface area contributed by atoms with Gasteiger partial charge in [0.2, 0.25) is 5.91 Å².